The van der Waals surface area contributed by atoms with Gasteiger partial charge in [-0.2, -0.15) is 0 Å². The monoisotopic (exact) mass is 203 g/mol. The minimum absolute atomic E-state index is 0.215. The Labute approximate surface area is 67.4 Å². The molecule has 0 N–H and O–H groups in total. The van der Waals surface area contributed by atoms with Gasteiger partial charge in [0.2, 0.25) is 0 Å². The Morgan fingerprint density at radius 2 is 2.10 bits per heavy atom. The molecule has 3 heteroatoms. The number of pyridine rings is 1. The molecule has 1 heterocycles. The van der Waals surface area contributed by atoms with E-state index in [1.165, 1.54) is 6.20 Å². The van der Waals surface area contributed by atoms with Crippen LogP contribution in [0.5, 0.6) is 0 Å². The van der Waals surface area contributed by atoms with Crippen molar-refractivity contribution in [3.63, 3.8) is 0 Å². The zero-order valence-electron chi connectivity index (χ0n) is 5.78. The van der Waals surface area contributed by atoms with Gasteiger partial charge in [-0.05, 0) is 29.8 Å². The fourth-order valence-electron chi connectivity index (χ4n) is 0.645. The standard InChI is InChI=1S/C7H7BrFN/c1-4-5(2)10-3-6(8)7(4)9/h3H,1-2H3. The van der Waals surface area contributed by atoms with E-state index in [0.717, 1.165) is 5.69 Å². The van der Waals surface area contributed by atoms with E-state index in [9.17, 15) is 4.39 Å². The summed E-state index contributed by atoms with van der Waals surface area (Å²) >= 11 is 3.04. The van der Waals surface area contributed by atoms with Gasteiger partial charge in [0.15, 0.2) is 0 Å². The predicted octanol–water partition coefficient (Wildman–Crippen LogP) is 2.60. The summed E-state index contributed by atoms with van der Waals surface area (Å²) in [6.45, 7) is 3.49. The van der Waals surface area contributed by atoms with Crippen molar-refractivity contribution in [1.29, 1.82) is 0 Å². The highest BCUT2D eigenvalue weighted by Gasteiger charge is 2.04. The lowest BCUT2D eigenvalue weighted by molar-refractivity contribution is 0.606. The number of rotatable bonds is 0. The van der Waals surface area contributed by atoms with Crippen LogP contribution in [-0.4, -0.2) is 4.98 Å². The number of aromatic nitrogens is 1. The van der Waals surface area contributed by atoms with Gasteiger partial charge < -0.3 is 0 Å². The molecule has 0 fully saturated rings. The lowest BCUT2D eigenvalue weighted by Gasteiger charge is -2.00. The fraction of sp³-hybridized carbons (Fsp3) is 0.286. The third-order valence-electron chi connectivity index (χ3n) is 1.45. The quantitative estimate of drug-likeness (QED) is 0.632. The number of hydrogen-bond acceptors (Lipinski definition) is 1. The van der Waals surface area contributed by atoms with Gasteiger partial charge in [-0.25, -0.2) is 4.39 Å². The smallest absolute Gasteiger partial charge is 0.143 e. The molecule has 0 bridgehead atoms. The predicted molar refractivity (Wildman–Crippen MR) is 41.4 cm³/mol. The van der Waals surface area contributed by atoms with Crippen LogP contribution < -0.4 is 0 Å². The normalized spacial score (nSPS) is 10.0. The van der Waals surface area contributed by atoms with E-state index in [0.29, 0.717) is 10.0 Å². The Balaban J connectivity index is 3.34. The van der Waals surface area contributed by atoms with Crippen molar-refractivity contribution in [2.45, 2.75) is 13.8 Å². The third kappa shape index (κ3) is 1.19. The van der Waals surface area contributed by atoms with Crippen LogP contribution in [0.4, 0.5) is 4.39 Å². The first-order valence-electron chi connectivity index (χ1n) is 2.90. The molecule has 0 saturated heterocycles. The van der Waals surface area contributed by atoms with Gasteiger partial charge in [0, 0.05) is 17.5 Å². The van der Waals surface area contributed by atoms with E-state index in [1.54, 1.807) is 13.8 Å². The topological polar surface area (TPSA) is 12.9 Å². The Bertz CT molecular complexity index is 233. The number of nitrogens with zero attached hydrogens (tertiary/aromatic N) is 1. The summed E-state index contributed by atoms with van der Waals surface area (Å²) in [5.41, 5.74) is 1.34. The van der Waals surface area contributed by atoms with Gasteiger partial charge in [0.25, 0.3) is 0 Å². The van der Waals surface area contributed by atoms with E-state index >= 15 is 0 Å². The van der Waals surface area contributed by atoms with Crippen LogP contribution >= 0.6 is 15.9 Å². The first kappa shape index (κ1) is 7.66. The zero-order chi connectivity index (χ0) is 7.72. The largest absolute Gasteiger partial charge is 0.260 e. The maximum atomic E-state index is 12.9. The fourth-order valence-corrected chi connectivity index (χ4v) is 1.04. The van der Waals surface area contributed by atoms with Crippen LogP contribution in [0.25, 0.3) is 0 Å². The molecule has 1 rings (SSSR count). The minimum atomic E-state index is -0.215. The molecule has 0 aliphatic carbocycles. The number of halogens is 2. The zero-order valence-corrected chi connectivity index (χ0v) is 7.37. The first-order chi connectivity index (χ1) is 4.63. The van der Waals surface area contributed by atoms with Crippen molar-refractivity contribution in [3.05, 3.63) is 27.7 Å². The second kappa shape index (κ2) is 2.66. The summed E-state index contributed by atoms with van der Waals surface area (Å²) in [5, 5.41) is 0. The highest BCUT2D eigenvalue weighted by Crippen LogP contribution is 2.18. The van der Waals surface area contributed by atoms with Gasteiger partial charge in [-0.3, -0.25) is 4.98 Å². The third-order valence-corrected chi connectivity index (χ3v) is 2.01. The molecule has 54 valence electrons. The number of aryl methyl sites for hydroxylation is 1. The maximum absolute atomic E-state index is 12.9. The lowest BCUT2D eigenvalue weighted by atomic mass is 10.2. The molecule has 0 unspecified atom stereocenters. The van der Waals surface area contributed by atoms with E-state index in [2.05, 4.69) is 20.9 Å². The summed E-state index contributed by atoms with van der Waals surface area (Å²) in [6, 6.07) is 0. The van der Waals surface area contributed by atoms with Crippen LogP contribution in [-0.2, 0) is 0 Å². The van der Waals surface area contributed by atoms with Crippen molar-refractivity contribution >= 4 is 15.9 Å². The summed E-state index contributed by atoms with van der Waals surface area (Å²) in [5.74, 6) is -0.215. The SMILES string of the molecule is Cc1ncc(Br)c(F)c1C. The number of hydrogen-bond donors (Lipinski definition) is 0. The van der Waals surface area contributed by atoms with Crippen molar-refractivity contribution in [2.24, 2.45) is 0 Å². The van der Waals surface area contributed by atoms with Gasteiger partial charge in [-0.1, -0.05) is 0 Å². The molecule has 0 aliphatic rings. The van der Waals surface area contributed by atoms with E-state index in [4.69, 9.17) is 0 Å². The van der Waals surface area contributed by atoms with Gasteiger partial charge in [0.1, 0.15) is 5.82 Å². The minimum Gasteiger partial charge on any atom is -0.260 e. The van der Waals surface area contributed by atoms with Crippen LogP contribution in [0.15, 0.2) is 10.7 Å². The molecule has 0 radical (unpaired) electrons. The first-order valence-corrected chi connectivity index (χ1v) is 3.69. The molecular weight excluding hydrogens is 197 g/mol. The van der Waals surface area contributed by atoms with Gasteiger partial charge >= 0.3 is 0 Å². The molecule has 0 atom stereocenters. The summed E-state index contributed by atoms with van der Waals surface area (Å²) < 4.78 is 13.3. The molecule has 0 amide bonds. The molecule has 1 aromatic heterocycles. The average Bonchev–Trinajstić information content (AvgIpc) is 1.93. The molecule has 10 heavy (non-hydrogen) atoms. The van der Waals surface area contributed by atoms with Crippen LogP contribution in [0.2, 0.25) is 0 Å². The summed E-state index contributed by atoms with van der Waals surface area (Å²) in [7, 11) is 0. The second-order valence-electron chi connectivity index (χ2n) is 2.13. The van der Waals surface area contributed by atoms with E-state index < -0.39 is 0 Å². The van der Waals surface area contributed by atoms with E-state index in [1.807, 2.05) is 0 Å². The highest BCUT2D eigenvalue weighted by molar-refractivity contribution is 9.10. The van der Waals surface area contributed by atoms with Crippen molar-refractivity contribution in [2.75, 3.05) is 0 Å². The Hall–Kier alpha value is -0.440. The van der Waals surface area contributed by atoms with Crippen LogP contribution in [0, 0.1) is 19.7 Å². The Morgan fingerprint density at radius 3 is 2.60 bits per heavy atom. The lowest BCUT2D eigenvalue weighted by Crippen LogP contribution is -1.91. The molecule has 1 aromatic rings. The Kier molecular flexibility index (Phi) is 2.04. The summed E-state index contributed by atoms with van der Waals surface area (Å²) in [4.78, 5) is 3.95. The molecule has 0 saturated carbocycles. The van der Waals surface area contributed by atoms with Gasteiger partial charge in [0.05, 0.1) is 4.47 Å². The van der Waals surface area contributed by atoms with Gasteiger partial charge in [-0.15, -0.1) is 0 Å². The molecular formula is C7H7BrFN. The molecule has 0 aromatic carbocycles. The van der Waals surface area contributed by atoms with Crippen LogP contribution in [0.1, 0.15) is 11.3 Å². The van der Waals surface area contributed by atoms with Crippen molar-refractivity contribution in [1.82, 2.24) is 4.98 Å². The maximum Gasteiger partial charge on any atom is 0.143 e. The van der Waals surface area contributed by atoms with E-state index in [-0.39, 0.29) is 5.82 Å². The van der Waals surface area contributed by atoms with Crippen molar-refractivity contribution in [3.8, 4) is 0 Å². The summed E-state index contributed by atoms with van der Waals surface area (Å²) in [6.07, 6.45) is 1.47. The molecule has 1 nitrogen and oxygen atoms in total. The Morgan fingerprint density at radius 1 is 1.50 bits per heavy atom. The molecule has 0 spiro atoms. The van der Waals surface area contributed by atoms with Crippen LogP contribution in [0.3, 0.4) is 0 Å². The average molecular weight is 204 g/mol. The second-order valence-corrected chi connectivity index (χ2v) is 2.98. The van der Waals surface area contributed by atoms with Crippen molar-refractivity contribution < 1.29 is 4.39 Å². The molecule has 0 aliphatic heterocycles. The highest BCUT2D eigenvalue weighted by atomic mass is 79.9.